The number of benzene rings is 3. The maximum absolute atomic E-state index is 12.4. The summed E-state index contributed by atoms with van der Waals surface area (Å²) >= 11 is 0. The summed E-state index contributed by atoms with van der Waals surface area (Å²) in [6.07, 6.45) is 0. The van der Waals surface area contributed by atoms with Gasteiger partial charge in [-0.05, 0) is 29.0 Å². The van der Waals surface area contributed by atoms with Crippen LogP contribution in [0, 0.1) is 0 Å². The van der Waals surface area contributed by atoms with Gasteiger partial charge in [-0.15, -0.1) is 0 Å². The van der Waals surface area contributed by atoms with E-state index in [0.717, 1.165) is 10.8 Å². The lowest BCUT2D eigenvalue weighted by atomic mass is 10.0. The minimum absolute atomic E-state index is 0.0284. The Morgan fingerprint density at radius 1 is 0.958 bits per heavy atom. The number of esters is 1. The lowest BCUT2D eigenvalue weighted by Crippen LogP contribution is -2.15. The van der Waals surface area contributed by atoms with E-state index in [0.29, 0.717) is 5.56 Å². The van der Waals surface area contributed by atoms with E-state index >= 15 is 0 Å². The van der Waals surface area contributed by atoms with Crippen molar-refractivity contribution in [3.63, 3.8) is 0 Å². The van der Waals surface area contributed by atoms with E-state index in [1.165, 1.54) is 18.2 Å². The number of rotatable bonds is 4. The average Bonchev–Trinajstić information content (AvgIpc) is 2.61. The highest BCUT2D eigenvalue weighted by Crippen LogP contribution is 2.21. The molecule has 0 heterocycles. The minimum atomic E-state index is -0.753. The van der Waals surface area contributed by atoms with Gasteiger partial charge in [-0.3, -0.25) is 4.79 Å². The highest BCUT2D eigenvalue weighted by Gasteiger charge is 2.16. The van der Waals surface area contributed by atoms with Crippen LogP contribution in [0.25, 0.3) is 10.8 Å². The molecular weight excluding hydrogens is 306 g/mol. The summed E-state index contributed by atoms with van der Waals surface area (Å²) in [6.45, 7) is -0.401. The van der Waals surface area contributed by atoms with Crippen LogP contribution in [0.4, 0.5) is 5.69 Å². The fourth-order valence-electron chi connectivity index (χ4n) is 2.48. The SMILES string of the molecule is Nc1ccc(O)cc1C(=O)OCC(=O)c1cccc2ccccc12. The zero-order valence-corrected chi connectivity index (χ0v) is 12.7. The van der Waals surface area contributed by atoms with E-state index in [2.05, 4.69) is 0 Å². The lowest BCUT2D eigenvalue weighted by Gasteiger charge is -2.08. The Kier molecular flexibility index (Phi) is 4.16. The van der Waals surface area contributed by atoms with Crippen molar-refractivity contribution in [2.75, 3.05) is 12.3 Å². The Bertz CT molecular complexity index is 928. The Morgan fingerprint density at radius 3 is 2.54 bits per heavy atom. The van der Waals surface area contributed by atoms with Crippen LogP contribution in [0.3, 0.4) is 0 Å². The van der Waals surface area contributed by atoms with Gasteiger partial charge in [0.15, 0.2) is 6.61 Å². The number of ether oxygens (including phenoxy) is 1. The highest BCUT2D eigenvalue weighted by atomic mass is 16.5. The molecule has 0 aliphatic heterocycles. The highest BCUT2D eigenvalue weighted by molar-refractivity contribution is 6.09. The number of phenols is 1. The van der Waals surface area contributed by atoms with Crippen LogP contribution < -0.4 is 5.73 Å². The number of carbonyl (C=O) groups excluding carboxylic acids is 2. The second-order valence-electron chi connectivity index (χ2n) is 5.30. The predicted molar refractivity (Wildman–Crippen MR) is 91.1 cm³/mol. The Balaban J connectivity index is 1.78. The van der Waals surface area contributed by atoms with E-state index in [1.807, 2.05) is 30.3 Å². The summed E-state index contributed by atoms with van der Waals surface area (Å²) in [4.78, 5) is 24.4. The second kappa shape index (κ2) is 6.42. The van der Waals surface area contributed by atoms with Gasteiger partial charge < -0.3 is 15.6 Å². The van der Waals surface area contributed by atoms with Crippen LogP contribution >= 0.6 is 0 Å². The first-order chi connectivity index (χ1) is 11.6. The van der Waals surface area contributed by atoms with Gasteiger partial charge in [0.05, 0.1) is 5.56 Å². The van der Waals surface area contributed by atoms with Crippen molar-refractivity contribution in [2.24, 2.45) is 0 Å². The topological polar surface area (TPSA) is 89.6 Å². The van der Waals surface area contributed by atoms with Gasteiger partial charge in [0, 0.05) is 11.3 Å². The monoisotopic (exact) mass is 321 g/mol. The van der Waals surface area contributed by atoms with Crippen molar-refractivity contribution in [1.29, 1.82) is 0 Å². The van der Waals surface area contributed by atoms with Crippen LogP contribution in [0.2, 0.25) is 0 Å². The standard InChI is InChI=1S/C19H15NO4/c20-17-9-8-13(21)10-16(17)19(23)24-11-18(22)15-7-3-5-12-4-1-2-6-14(12)15/h1-10,21H,11,20H2. The summed E-state index contributed by atoms with van der Waals surface area (Å²) in [5.41, 5.74) is 6.38. The van der Waals surface area contributed by atoms with Crippen molar-refractivity contribution in [2.45, 2.75) is 0 Å². The molecule has 0 saturated heterocycles. The lowest BCUT2D eigenvalue weighted by molar-refractivity contribution is 0.0476. The van der Waals surface area contributed by atoms with Crippen molar-refractivity contribution in [3.8, 4) is 5.75 Å². The number of aromatic hydroxyl groups is 1. The number of ketones is 1. The molecule has 0 fully saturated rings. The first-order valence-electron chi connectivity index (χ1n) is 7.33. The van der Waals surface area contributed by atoms with Crippen LogP contribution in [0.5, 0.6) is 5.75 Å². The maximum atomic E-state index is 12.4. The van der Waals surface area contributed by atoms with E-state index in [1.54, 1.807) is 12.1 Å². The fraction of sp³-hybridized carbons (Fsp3) is 0.0526. The predicted octanol–water partition coefficient (Wildman–Crippen LogP) is 3.17. The number of nitrogen functional groups attached to an aromatic ring is 1. The molecule has 3 N–H and O–H groups in total. The van der Waals surface area contributed by atoms with E-state index in [9.17, 15) is 14.7 Å². The van der Waals surface area contributed by atoms with E-state index in [-0.39, 0.29) is 22.8 Å². The number of hydrogen-bond acceptors (Lipinski definition) is 5. The first kappa shape index (κ1) is 15.6. The average molecular weight is 321 g/mol. The fourth-order valence-corrected chi connectivity index (χ4v) is 2.48. The number of fused-ring (bicyclic) bond motifs is 1. The summed E-state index contributed by atoms with van der Waals surface area (Å²) in [5.74, 6) is -1.16. The van der Waals surface area contributed by atoms with Gasteiger partial charge in [-0.1, -0.05) is 42.5 Å². The number of Topliss-reactive ketones (excluding diaryl/α,β-unsaturated/α-hetero) is 1. The van der Waals surface area contributed by atoms with Crippen molar-refractivity contribution >= 4 is 28.2 Å². The molecule has 0 spiro atoms. The third-order valence-corrected chi connectivity index (χ3v) is 3.68. The van der Waals surface area contributed by atoms with Crippen LogP contribution in [0.1, 0.15) is 20.7 Å². The molecule has 3 aromatic rings. The maximum Gasteiger partial charge on any atom is 0.340 e. The van der Waals surface area contributed by atoms with Gasteiger partial charge in [0.2, 0.25) is 5.78 Å². The summed E-state index contributed by atoms with van der Waals surface area (Å²) in [7, 11) is 0. The number of nitrogens with two attached hydrogens (primary N) is 1. The molecule has 0 radical (unpaired) electrons. The Labute approximate surface area is 138 Å². The van der Waals surface area contributed by atoms with Gasteiger partial charge in [-0.25, -0.2) is 4.79 Å². The van der Waals surface area contributed by atoms with Crippen molar-refractivity contribution < 1.29 is 19.4 Å². The van der Waals surface area contributed by atoms with Crippen LogP contribution in [-0.4, -0.2) is 23.5 Å². The van der Waals surface area contributed by atoms with Crippen LogP contribution in [-0.2, 0) is 4.74 Å². The molecule has 0 atom stereocenters. The molecule has 3 aromatic carbocycles. The number of carbonyl (C=O) groups is 2. The zero-order valence-electron chi connectivity index (χ0n) is 12.7. The van der Waals surface area contributed by atoms with E-state index in [4.69, 9.17) is 10.5 Å². The molecule has 0 saturated carbocycles. The van der Waals surface area contributed by atoms with Crippen LogP contribution in [0.15, 0.2) is 60.7 Å². The minimum Gasteiger partial charge on any atom is -0.508 e. The molecule has 0 aliphatic rings. The third-order valence-electron chi connectivity index (χ3n) is 3.68. The molecule has 120 valence electrons. The number of anilines is 1. The smallest absolute Gasteiger partial charge is 0.340 e. The number of phenolic OH excluding ortho intramolecular Hbond substituents is 1. The van der Waals surface area contributed by atoms with E-state index < -0.39 is 12.6 Å². The molecule has 3 rings (SSSR count). The molecule has 0 aromatic heterocycles. The Hall–Kier alpha value is -3.34. The molecule has 0 bridgehead atoms. The molecule has 24 heavy (non-hydrogen) atoms. The molecular formula is C19H15NO4. The molecule has 0 amide bonds. The number of hydrogen-bond donors (Lipinski definition) is 2. The third kappa shape index (κ3) is 3.05. The Morgan fingerprint density at radius 2 is 1.71 bits per heavy atom. The summed E-state index contributed by atoms with van der Waals surface area (Å²) < 4.78 is 5.05. The molecule has 5 nitrogen and oxygen atoms in total. The van der Waals surface area contributed by atoms with Crippen molar-refractivity contribution in [3.05, 3.63) is 71.8 Å². The largest absolute Gasteiger partial charge is 0.508 e. The zero-order chi connectivity index (χ0) is 17.1. The normalized spacial score (nSPS) is 10.5. The molecule has 0 aliphatic carbocycles. The summed E-state index contributed by atoms with van der Waals surface area (Å²) in [6, 6.07) is 16.9. The van der Waals surface area contributed by atoms with Crippen molar-refractivity contribution in [1.82, 2.24) is 0 Å². The quantitative estimate of drug-likeness (QED) is 0.333. The first-order valence-corrected chi connectivity index (χ1v) is 7.33. The van der Waals surface area contributed by atoms with Gasteiger partial charge in [0.25, 0.3) is 0 Å². The van der Waals surface area contributed by atoms with Gasteiger partial charge >= 0.3 is 5.97 Å². The van der Waals surface area contributed by atoms with Gasteiger partial charge in [0.1, 0.15) is 5.75 Å². The molecule has 0 unspecified atom stereocenters. The second-order valence-corrected chi connectivity index (χ2v) is 5.30. The summed E-state index contributed by atoms with van der Waals surface area (Å²) in [5, 5.41) is 11.2. The van der Waals surface area contributed by atoms with Gasteiger partial charge in [-0.2, -0.15) is 0 Å². The molecule has 5 heteroatoms.